The molecule has 2 atom stereocenters. The predicted octanol–water partition coefficient (Wildman–Crippen LogP) is -3.85. The van der Waals surface area contributed by atoms with Crippen molar-refractivity contribution in [2.75, 3.05) is 0 Å². The minimum Gasteiger partial charge on any atom is -0.547 e. The molecule has 4 heteroatoms. The van der Waals surface area contributed by atoms with Crippen LogP contribution in [0.2, 0.25) is 0 Å². The second-order valence-electron chi connectivity index (χ2n) is 2.15. The molecule has 0 aliphatic carbocycles. The number of aliphatic carboxylic acids is 1. The zero-order valence-corrected chi connectivity index (χ0v) is 8.63. The van der Waals surface area contributed by atoms with E-state index in [1.54, 1.807) is 6.92 Å². The summed E-state index contributed by atoms with van der Waals surface area (Å²) in [6.45, 7) is 3.48. The van der Waals surface area contributed by atoms with Crippen molar-refractivity contribution in [1.29, 1.82) is 0 Å². The van der Waals surface area contributed by atoms with E-state index in [-0.39, 0.29) is 35.5 Å². The monoisotopic (exact) mass is 154 g/mol. The molecule has 0 rings (SSSR count). The summed E-state index contributed by atoms with van der Waals surface area (Å²) < 4.78 is 0. The van der Waals surface area contributed by atoms with Crippen LogP contribution in [0.3, 0.4) is 0 Å². The molecule has 0 aromatic rings. The van der Waals surface area contributed by atoms with Crippen LogP contribution < -0.4 is 34.7 Å². The van der Waals surface area contributed by atoms with Crippen LogP contribution in [0.5, 0.6) is 0 Å². The van der Waals surface area contributed by atoms with E-state index in [1.807, 2.05) is 6.92 Å². The molecule has 0 heterocycles. The van der Waals surface area contributed by atoms with Crippen molar-refractivity contribution in [2.45, 2.75) is 26.4 Å². The van der Waals surface area contributed by atoms with Crippen molar-refractivity contribution in [3.8, 4) is 0 Å². The first-order valence-corrected chi connectivity index (χ1v) is 2.98. The van der Waals surface area contributed by atoms with Gasteiger partial charge in [-0.1, -0.05) is 20.3 Å². The quantitative estimate of drug-likeness (QED) is 0.423. The summed E-state index contributed by atoms with van der Waals surface area (Å²) in [5.41, 5.74) is 0. The average Bonchev–Trinajstić information content (AvgIpc) is 1.84. The van der Waals surface area contributed by atoms with Gasteiger partial charge in [0.15, 0.2) is 0 Å². The maximum absolute atomic E-state index is 9.94. The Morgan fingerprint density at radius 1 is 1.70 bits per heavy atom. The first kappa shape index (κ1) is 13.1. The van der Waals surface area contributed by atoms with Gasteiger partial charge < -0.3 is 15.0 Å². The van der Waals surface area contributed by atoms with E-state index in [2.05, 4.69) is 0 Å². The zero-order chi connectivity index (χ0) is 7.44. The van der Waals surface area contributed by atoms with Crippen LogP contribution in [0.4, 0.5) is 0 Å². The summed E-state index contributed by atoms with van der Waals surface area (Å²) in [5, 5.41) is 18.7. The second kappa shape index (κ2) is 6.16. The molecule has 0 spiro atoms. The number of rotatable bonds is 3. The van der Waals surface area contributed by atoms with Gasteiger partial charge in [-0.25, -0.2) is 0 Å². The van der Waals surface area contributed by atoms with Crippen LogP contribution in [-0.4, -0.2) is 17.2 Å². The number of carboxylic acid groups (broad SMARTS) is 1. The number of hydrogen-bond acceptors (Lipinski definition) is 3. The van der Waals surface area contributed by atoms with Crippen LogP contribution >= 0.6 is 0 Å². The molecule has 0 aromatic carbocycles. The summed E-state index contributed by atoms with van der Waals surface area (Å²) in [6.07, 6.45) is -0.662. The van der Waals surface area contributed by atoms with Crippen LogP contribution in [0.15, 0.2) is 0 Å². The number of carboxylic acids is 1. The standard InChI is InChI=1S/C6H12O3.Na/c1-3-4(2)5(7)6(8)9;/h4-5,7H,3H2,1-2H3,(H,8,9);/q;+1/p-1/t4-,5-;/m0./s1. The van der Waals surface area contributed by atoms with Crippen molar-refractivity contribution >= 4 is 5.97 Å². The number of hydrogen-bond donors (Lipinski definition) is 1. The van der Waals surface area contributed by atoms with Gasteiger partial charge in [-0.3, -0.25) is 0 Å². The van der Waals surface area contributed by atoms with Gasteiger partial charge in [0.05, 0.1) is 12.1 Å². The van der Waals surface area contributed by atoms with Gasteiger partial charge in [-0.2, -0.15) is 0 Å². The number of aliphatic hydroxyl groups is 1. The fourth-order valence-corrected chi connectivity index (χ4v) is 0.456. The Morgan fingerprint density at radius 2 is 2.10 bits per heavy atom. The zero-order valence-electron chi connectivity index (χ0n) is 6.63. The summed E-state index contributed by atoms with van der Waals surface area (Å²) in [7, 11) is 0. The normalized spacial score (nSPS) is 15.1. The Bertz CT molecular complexity index is 105. The largest absolute Gasteiger partial charge is 1.00 e. The molecule has 0 aliphatic rings. The molecule has 3 nitrogen and oxygen atoms in total. The van der Waals surface area contributed by atoms with Crippen molar-refractivity contribution < 1.29 is 44.6 Å². The van der Waals surface area contributed by atoms with E-state index in [0.717, 1.165) is 0 Å². The molecule has 1 N–H and O–H groups in total. The SMILES string of the molecule is CC[C@H](C)[C@H](O)C(=O)[O-].[Na+]. The van der Waals surface area contributed by atoms with Crippen LogP contribution in [-0.2, 0) is 4.79 Å². The van der Waals surface area contributed by atoms with Crippen LogP contribution in [0.1, 0.15) is 20.3 Å². The Hall–Kier alpha value is 0.430. The fraction of sp³-hybridized carbons (Fsp3) is 0.833. The Labute approximate surface area is 82.7 Å². The Balaban J connectivity index is 0. The van der Waals surface area contributed by atoms with Crippen molar-refractivity contribution in [2.24, 2.45) is 5.92 Å². The first-order chi connectivity index (χ1) is 4.09. The van der Waals surface area contributed by atoms with E-state index in [4.69, 9.17) is 5.11 Å². The van der Waals surface area contributed by atoms with Gasteiger partial charge in [0.25, 0.3) is 0 Å². The molecule has 0 saturated heterocycles. The smallest absolute Gasteiger partial charge is 0.547 e. The molecule has 0 unspecified atom stereocenters. The second-order valence-corrected chi connectivity index (χ2v) is 2.15. The summed E-state index contributed by atoms with van der Waals surface area (Å²) in [6, 6.07) is 0. The maximum Gasteiger partial charge on any atom is 1.00 e. The molecular weight excluding hydrogens is 143 g/mol. The van der Waals surface area contributed by atoms with Gasteiger partial charge in [-0.05, 0) is 5.92 Å². The van der Waals surface area contributed by atoms with E-state index in [9.17, 15) is 9.90 Å². The molecule has 0 radical (unpaired) electrons. The molecule has 0 saturated carbocycles. The molecule has 10 heavy (non-hydrogen) atoms. The minimum atomic E-state index is -1.38. The van der Waals surface area contributed by atoms with Crippen molar-refractivity contribution in [3.63, 3.8) is 0 Å². The average molecular weight is 154 g/mol. The third-order valence-electron chi connectivity index (χ3n) is 1.42. The predicted molar refractivity (Wildman–Crippen MR) is 30.5 cm³/mol. The fourth-order valence-electron chi connectivity index (χ4n) is 0.456. The summed E-state index contributed by atoms with van der Waals surface area (Å²) in [5.74, 6) is -1.60. The minimum absolute atomic E-state index is 0. The van der Waals surface area contributed by atoms with Gasteiger partial charge in [0.2, 0.25) is 0 Å². The summed E-state index contributed by atoms with van der Waals surface area (Å²) in [4.78, 5) is 9.94. The molecule has 0 bridgehead atoms. The Kier molecular flexibility index (Phi) is 8.04. The van der Waals surface area contributed by atoms with Crippen LogP contribution in [0.25, 0.3) is 0 Å². The van der Waals surface area contributed by atoms with Gasteiger partial charge in [0.1, 0.15) is 0 Å². The van der Waals surface area contributed by atoms with E-state index >= 15 is 0 Å². The van der Waals surface area contributed by atoms with Gasteiger partial charge >= 0.3 is 29.6 Å². The van der Waals surface area contributed by atoms with E-state index < -0.39 is 12.1 Å². The van der Waals surface area contributed by atoms with Gasteiger partial charge in [0, 0.05) is 0 Å². The van der Waals surface area contributed by atoms with Crippen molar-refractivity contribution in [1.82, 2.24) is 0 Å². The number of aliphatic hydroxyl groups excluding tert-OH is 1. The van der Waals surface area contributed by atoms with Crippen molar-refractivity contribution in [3.05, 3.63) is 0 Å². The Morgan fingerprint density at radius 3 is 2.20 bits per heavy atom. The van der Waals surface area contributed by atoms with E-state index in [1.165, 1.54) is 0 Å². The molecule has 0 fully saturated rings. The first-order valence-electron chi connectivity index (χ1n) is 2.98. The molecule has 0 amide bonds. The number of carbonyl (C=O) groups is 1. The molecule has 0 aromatic heterocycles. The topological polar surface area (TPSA) is 60.4 Å². The molecular formula is C6H11NaO3. The maximum atomic E-state index is 9.94. The molecule has 54 valence electrons. The van der Waals surface area contributed by atoms with E-state index in [0.29, 0.717) is 6.42 Å². The number of carbonyl (C=O) groups excluding carboxylic acids is 1. The van der Waals surface area contributed by atoms with Gasteiger partial charge in [-0.15, -0.1) is 0 Å². The third kappa shape index (κ3) is 4.28. The van der Waals surface area contributed by atoms with Crippen LogP contribution in [0, 0.1) is 5.92 Å². The third-order valence-corrected chi connectivity index (χ3v) is 1.42. The molecule has 0 aliphatic heterocycles. The summed E-state index contributed by atoms with van der Waals surface area (Å²) >= 11 is 0.